The highest BCUT2D eigenvalue weighted by molar-refractivity contribution is 8.00. The largest absolute Gasteiger partial charge is 0.497 e. The third kappa shape index (κ3) is 6.05. The molecule has 0 radical (unpaired) electrons. The lowest BCUT2D eigenvalue weighted by Gasteiger charge is -2.26. The molecule has 0 saturated carbocycles. The smallest absolute Gasteiger partial charge is 0.302 e. The SMILES string of the molecule is COc1ccc(OCCCN2CCC[C@H]2COC(C)=O)c(C2Sc3cc(Cl)ccc3N2C(C)=O)c1. The molecule has 9 heteroatoms. The van der Waals surface area contributed by atoms with Crippen LogP contribution in [0.2, 0.25) is 5.02 Å². The first-order valence-corrected chi connectivity index (χ1v) is 13.1. The maximum Gasteiger partial charge on any atom is 0.302 e. The van der Waals surface area contributed by atoms with Crippen LogP contribution in [0.4, 0.5) is 5.69 Å². The number of ether oxygens (including phenoxy) is 3. The summed E-state index contributed by atoms with van der Waals surface area (Å²) in [6.45, 7) is 5.88. The molecule has 35 heavy (non-hydrogen) atoms. The van der Waals surface area contributed by atoms with E-state index in [-0.39, 0.29) is 23.3 Å². The molecule has 1 unspecified atom stereocenters. The van der Waals surface area contributed by atoms with Gasteiger partial charge in [0.25, 0.3) is 0 Å². The number of benzene rings is 2. The van der Waals surface area contributed by atoms with Crippen LogP contribution in [0.1, 0.15) is 44.0 Å². The minimum atomic E-state index is -0.280. The predicted octanol–water partition coefficient (Wildman–Crippen LogP) is 5.30. The monoisotopic (exact) mass is 518 g/mol. The summed E-state index contributed by atoms with van der Waals surface area (Å²) in [4.78, 5) is 28.9. The van der Waals surface area contributed by atoms with Crippen molar-refractivity contribution in [3.63, 3.8) is 0 Å². The second-order valence-corrected chi connectivity index (χ2v) is 10.3. The number of fused-ring (bicyclic) bond motifs is 1. The van der Waals surface area contributed by atoms with Gasteiger partial charge in [-0.25, -0.2) is 0 Å². The minimum Gasteiger partial charge on any atom is -0.497 e. The zero-order valence-electron chi connectivity index (χ0n) is 20.3. The van der Waals surface area contributed by atoms with Crippen LogP contribution in [0.15, 0.2) is 41.3 Å². The first-order valence-electron chi connectivity index (χ1n) is 11.8. The molecule has 0 aliphatic carbocycles. The quantitative estimate of drug-likeness (QED) is 0.329. The van der Waals surface area contributed by atoms with Crippen molar-refractivity contribution in [3.05, 3.63) is 47.0 Å². The molecule has 0 spiro atoms. The van der Waals surface area contributed by atoms with Gasteiger partial charge in [-0.2, -0.15) is 0 Å². The Morgan fingerprint density at radius 3 is 2.74 bits per heavy atom. The molecule has 0 aromatic heterocycles. The lowest BCUT2D eigenvalue weighted by atomic mass is 10.1. The van der Waals surface area contributed by atoms with Gasteiger partial charge < -0.3 is 14.2 Å². The van der Waals surface area contributed by atoms with E-state index in [1.807, 2.05) is 30.3 Å². The molecule has 1 saturated heterocycles. The van der Waals surface area contributed by atoms with Gasteiger partial charge in [-0.15, -0.1) is 0 Å². The van der Waals surface area contributed by atoms with Crippen LogP contribution < -0.4 is 14.4 Å². The molecular weight excluding hydrogens is 488 g/mol. The number of amides is 1. The Labute approximate surface area is 215 Å². The molecule has 2 heterocycles. The lowest BCUT2D eigenvalue weighted by Crippen LogP contribution is -2.35. The van der Waals surface area contributed by atoms with Crippen molar-refractivity contribution in [3.8, 4) is 11.5 Å². The number of carbonyl (C=O) groups excluding carboxylic acids is 2. The molecule has 188 valence electrons. The molecule has 2 aliphatic rings. The Morgan fingerprint density at radius 1 is 1.17 bits per heavy atom. The van der Waals surface area contributed by atoms with Gasteiger partial charge in [0.05, 0.1) is 19.4 Å². The Morgan fingerprint density at radius 2 is 2.00 bits per heavy atom. The van der Waals surface area contributed by atoms with E-state index in [1.54, 1.807) is 36.8 Å². The van der Waals surface area contributed by atoms with Gasteiger partial charge in [0.15, 0.2) is 0 Å². The van der Waals surface area contributed by atoms with E-state index in [4.69, 9.17) is 25.8 Å². The molecule has 2 aromatic carbocycles. The van der Waals surface area contributed by atoms with Crippen molar-refractivity contribution in [1.82, 2.24) is 4.90 Å². The highest BCUT2D eigenvalue weighted by Crippen LogP contribution is 2.54. The number of rotatable bonds is 9. The number of methoxy groups -OCH3 is 1. The zero-order chi connectivity index (χ0) is 24.9. The summed E-state index contributed by atoms with van der Waals surface area (Å²) in [5, 5.41) is 0.356. The van der Waals surface area contributed by atoms with Crippen LogP contribution in [0.3, 0.4) is 0 Å². The highest BCUT2D eigenvalue weighted by atomic mass is 35.5. The van der Waals surface area contributed by atoms with Crippen molar-refractivity contribution < 1.29 is 23.8 Å². The third-order valence-electron chi connectivity index (χ3n) is 6.30. The Hall–Kier alpha value is -2.42. The molecule has 1 fully saturated rings. The minimum absolute atomic E-state index is 0.0507. The summed E-state index contributed by atoms with van der Waals surface area (Å²) in [6.07, 6.45) is 2.99. The lowest BCUT2D eigenvalue weighted by molar-refractivity contribution is -0.142. The summed E-state index contributed by atoms with van der Waals surface area (Å²) < 4.78 is 16.9. The van der Waals surface area contributed by atoms with Crippen molar-refractivity contribution >= 4 is 40.9 Å². The predicted molar refractivity (Wildman–Crippen MR) is 138 cm³/mol. The van der Waals surface area contributed by atoms with Crippen molar-refractivity contribution in [2.24, 2.45) is 0 Å². The van der Waals surface area contributed by atoms with E-state index in [0.717, 1.165) is 54.2 Å². The van der Waals surface area contributed by atoms with Crippen molar-refractivity contribution in [1.29, 1.82) is 0 Å². The van der Waals surface area contributed by atoms with Crippen LogP contribution in [0, 0.1) is 0 Å². The molecule has 0 bridgehead atoms. The van der Waals surface area contributed by atoms with Gasteiger partial charge in [0, 0.05) is 41.9 Å². The van der Waals surface area contributed by atoms with E-state index in [1.165, 1.54) is 6.92 Å². The molecule has 4 rings (SSSR count). The fraction of sp³-hybridized carbons (Fsp3) is 0.462. The molecule has 2 atom stereocenters. The van der Waals surface area contributed by atoms with Crippen molar-refractivity contribution in [2.45, 2.75) is 49.4 Å². The fourth-order valence-corrected chi connectivity index (χ4v) is 6.28. The molecular formula is C26H31ClN2O5S. The summed E-state index contributed by atoms with van der Waals surface area (Å²) in [7, 11) is 1.63. The van der Waals surface area contributed by atoms with Crippen LogP contribution in [0.5, 0.6) is 11.5 Å². The van der Waals surface area contributed by atoms with Gasteiger partial charge in [0.2, 0.25) is 5.91 Å². The molecule has 1 amide bonds. The summed E-state index contributed by atoms with van der Waals surface area (Å²) in [5.41, 5.74) is 1.73. The highest BCUT2D eigenvalue weighted by Gasteiger charge is 2.36. The number of carbonyl (C=O) groups is 2. The van der Waals surface area contributed by atoms with Crippen LogP contribution in [0.25, 0.3) is 0 Å². The van der Waals surface area contributed by atoms with Crippen LogP contribution >= 0.6 is 23.4 Å². The Kier molecular flexibility index (Phi) is 8.46. The number of hydrogen-bond acceptors (Lipinski definition) is 7. The van der Waals surface area contributed by atoms with Gasteiger partial charge in [-0.3, -0.25) is 19.4 Å². The summed E-state index contributed by atoms with van der Waals surface area (Å²) >= 11 is 7.79. The standard InChI is InChI=1S/C26H31ClN2O5S/c1-17(30)29-23-9-7-19(27)14-25(23)35-26(29)22-15-21(32-3)8-10-24(22)33-13-5-12-28-11-4-6-20(28)16-34-18(2)31/h7-10,14-15,20,26H,4-6,11-13,16H2,1-3H3/t20-,26?/m0/s1. The molecule has 0 N–H and O–H groups in total. The number of hydrogen-bond donors (Lipinski definition) is 0. The van der Waals surface area contributed by atoms with E-state index >= 15 is 0 Å². The molecule has 2 aromatic rings. The normalized spacial score (nSPS) is 19.5. The van der Waals surface area contributed by atoms with Gasteiger partial charge in [0.1, 0.15) is 23.5 Å². The third-order valence-corrected chi connectivity index (χ3v) is 7.81. The second kappa shape index (κ2) is 11.5. The number of thioether (sulfide) groups is 1. The zero-order valence-corrected chi connectivity index (χ0v) is 21.9. The number of halogens is 1. The van der Waals surface area contributed by atoms with Crippen molar-refractivity contribution in [2.75, 3.05) is 38.3 Å². The number of anilines is 1. The van der Waals surface area contributed by atoms with E-state index < -0.39 is 0 Å². The number of nitrogens with zero attached hydrogens (tertiary/aromatic N) is 2. The summed E-state index contributed by atoms with van der Waals surface area (Å²) in [5.74, 6) is 1.15. The van der Waals surface area contributed by atoms with E-state index in [2.05, 4.69) is 4.90 Å². The summed E-state index contributed by atoms with van der Waals surface area (Å²) in [6, 6.07) is 11.6. The first-order chi connectivity index (χ1) is 16.9. The average Bonchev–Trinajstić information content (AvgIpc) is 3.44. The van der Waals surface area contributed by atoms with Gasteiger partial charge >= 0.3 is 5.97 Å². The average molecular weight is 519 g/mol. The van der Waals surface area contributed by atoms with Gasteiger partial charge in [-0.05, 0) is 62.2 Å². The number of likely N-dealkylation sites (tertiary alicyclic amines) is 1. The molecule has 7 nitrogen and oxygen atoms in total. The van der Waals surface area contributed by atoms with Crippen LogP contribution in [-0.4, -0.2) is 56.2 Å². The number of esters is 1. The first kappa shape index (κ1) is 25.7. The molecule has 2 aliphatic heterocycles. The second-order valence-electron chi connectivity index (χ2n) is 8.71. The van der Waals surface area contributed by atoms with E-state index in [0.29, 0.717) is 24.0 Å². The topological polar surface area (TPSA) is 68.3 Å². The Balaban J connectivity index is 1.45. The van der Waals surface area contributed by atoms with Crippen LogP contribution in [-0.2, 0) is 14.3 Å². The maximum atomic E-state index is 12.6. The maximum absolute atomic E-state index is 12.6. The van der Waals surface area contributed by atoms with Gasteiger partial charge in [-0.1, -0.05) is 23.4 Å². The Bertz CT molecular complexity index is 1080. The van der Waals surface area contributed by atoms with E-state index in [9.17, 15) is 9.59 Å². The fourth-order valence-electron chi connectivity index (χ4n) is 4.64.